The molecule has 0 aliphatic rings. The van der Waals surface area contributed by atoms with Gasteiger partial charge in [0.25, 0.3) is 0 Å². The van der Waals surface area contributed by atoms with Gasteiger partial charge in [0.05, 0.1) is 4.90 Å². The second-order valence-corrected chi connectivity index (χ2v) is 7.30. The third kappa shape index (κ3) is 4.76. The fraction of sp³-hybridized carbons (Fsp3) is 0.600. The molecule has 3 N–H and O–H groups in total. The van der Waals surface area contributed by atoms with Crippen LogP contribution in [0.15, 0.2) is 23.1 Å². The maximum atomic E-state index is 14.3. The first-order valence-electron chi connectivity index (χ1n) is 7.24. The zero-order valence-electron chi connectivity index (χ0n) is 13.1. The molecule has 1 aromatic rings. The van der Waals surface area contributed by atoms with E-state index in [0.717, 1.165) is 19.0 Å². The van der Waals surface area contributed by atoms with Crippen molar-refractivity contribution < 1.29 is 12.8 Å². The molecule has 0 amide bonds. The van der Waals surface area contributed by atoms with Crippen molar-refractivity contribution in [2.24, 2.45) is 11.1 Å². The second kappa shape index (κ2) is 7.33. The van der Waals surface area contributed by atoms with E-state index in [0.29, 0.717) is 5.56 Å². The van der Waals surface area contributed by atoms with Crippen LogP contribution < -0.4 is 10.5 Å². The average molecular weight is 316 g/mol. The highest BCUT2D eigenvalue weighted by molar-refractivity contribution is 7.89. The minimum Gasteiger partial charge on any atom is -0.314 e. The molecular formula is C15H25FN2O2S. The van der Waals surface area contributed by atoms with Crippen molar-refractivity contribution in [3.8, 4) is 0 Å². The predicted octanol–water partition coefficient (Wildman–Crippen LogP) is 2.60. The SMILES string of the molecule is CCCNC(C)C(c1ccc(S(N)(=O)=O)cc1F)C(C)C. The molecule has 2 atom stereocenters. The molecule has 0 aliphatic carbocycles. The number of halogens is 1. The highest BCUT2D eigenvalue weighted by atomic mass is 32.2. The average Bonchev–Trinajstić information content (AvgIpc) is 2.36. The van der Waals surface area contributed by atoms with E-state index in [2.05, 4.69) is 12.2 Å². The Morgan fingerprint density at radius 3 is 2.33 bits per heavy atom. The topological polar surface area (TPSA) is 72.2 Å². The van der Waals surface area contributed by atoms with Gasteiger partial charge in [-0.1, -0.05) is 26.8 Å². The number of rotatable bonds is 7. The van der Waals surface area contributed by atoms with E-state index < -0.39 is 15.8 Å². The first-order chi connectivity index (χ1) is 9.68. The summed E-state index contributed by atoms with van der Waals surface area (Å²) in [6, 6.07) is 4.01. The molecule has 2 unspecified atom stereocenters. The quantitative estimate of drug-likeness (QED) is 0.812. The molecule has 0 saturated heterocycles. The van der Waals surface area contributed by atoms with Crippen LogP contribution in [0.2, 0.25) is 0 Å². The third-order valence-corrected chi connectivity index (χ3v) is 4.54. The Kier molecular flexibility index (Phi) is 6.31. The van der Waals surface area contributed by atoms with Crippen molar-refractivity contribution in [3.05, 3.63) is 29.6 Å². The zero-order valence-corrected chi connectivity index (χ0v) is 13.9. The Morgan fingerprint density at radius 1 is 1.29 bits per heavy atom. The van der Waals surface area contributed by atoms with E-state index in [4.69, 9.17) is 5.14 Å². The number of nitrogens with one attached hydrogen (secondary N) is 1. The zero-order chi connectivity index (χ0) is 16.2. The normalized spacial score (nSPS) is 15.2. The van der Waals surface area contributed by atoms with Gasteiger partial charge in [-0.05, 0) is 43.5 Å². The number of sulfonamides is 1. The summed E-state index contributed by atoms with van der Waals surface area (Å²) in [7, 11) is -3.88. The second-order valence-electron chi connectivity index (χ2n) is 5.74. The molecule has 0 bridgehead atoms. The molecule has 4 nitrogen and oxygen atoms in total. The van der Waals surface area contributed by atoms with E-state index in [-0.39, 0.29) is 22.8 Å². The van der Waals surface area contributed by atoms with Crippen LogP contribution >= 0.6 is 0 Å². The minimum atomic E-state index is -3.88. The molecule has 0 fully saturated rings. The Hall–Kier alpha value is -0.980. The van der Waals surface area contributed by atoms with Crippen molar-refractivity contribution in [2.75, 3.05) is 6.54 Å². The molecule has 1 aromatic carbocycles. The Morgan fingerprint density at radius 2 is 1.90 bits per heavy atom. The van der Waals surface area contributed by atoms with Gasteiger partial charge in [-0.3, -0.25) is 0 Å². The molecule has 6 heteroatoms. The monoisotopic (exact) mass is 316 g/mol. The van der Waals surface area contributed by atoms with Crippen molar-refractivity contribution in [1.29, 1.82) is 0 Å². The van der Waals surface area contributed by atoms with Gasteiger partial charge >= 0.3 is 0 Å². The van der Waals surface area contributed by atoms with Crippen LogP contribution in [0.25, 0.3) is 0 Å². The van der Waals surface area contributed by atoms with Crippen LogP contribution in [0, 0.1) is 11.7 Å². The largest absolute Gasteiger partial charge is 0.314 e. The Labute approximate surface area is 127 Å². The summed E-state index contributed by atoms with van der Waals surface area (Å²) in [6.45, 7) is 9.02. The van der Waals surface area contributed by atoms with Crippen molar-refractivity contribution >= 4 is 10.0 Å². The molecular weight excluding hydrogens is 291 g/mol. The summed E-state index contributed by atoms with van der Waals surface area (Å²) in [5, 5.41) is 8.41. The molecule has 0 radical (unpaired) electrons. The smallest absolute Gasteiger partial charge is 0.238 e. The highest BCUT2D eigenvalue weighted by Gasteiger charge is 2.26. The summed E-state index contributed by atoms with van der Waals surface area (Å²) in [6.07, 6.45) is 1.00. The number of hydrogen-bond donors (Lipinski definition) is 2. The Balaban J connectivity index is 3.15. The number of nitrogens with two attached hydrogens (primary N) is 1. The standard InChI is InChI=1S/C15H25FN2O2S/c1-5-8-18-11(4)15(10(2)3)13-7-6-12(9-14(13)16)21(17,19)20/h6-7,9-11,15,18H,5,8H2,1-4H3,(H2,17,19,20). The molecule has 21 heavy (non-hydrogen) atoms. The van der Waals surface area contributed by atoms with E-state index in [9.17, 15) is 12.8 Å². The van der Waals surface area contributed by atoms with E-state index in [1.807, 2.05) is 20.8 Å². The van der Waals surface area contributed by atoms with Crippen LogP contribution in [0.4, 0.5) is 4.39 Å². The van der Waals surface area contributed by atoms with Gasteiger partial charge in [0.15, 0.2) is 0 Å². The first kappa shape index (κ1) is 18.1. The van der Waals surface area contributed by atoms with Crippen LogP contribution in [0.5, 0.6) is 0 Å². The maximum absolute atomic E-state index is 14.3. The van der Waals surface area contributed by atoms with Crippen LogP contribution in [0.3, 0.4) is 0 Å². The molecule has 0 heterocycles. The van der Waals surface area contributed by atoms with Gasteiger partial charge < -0.3 is 5.32 Å². The predicted molar refractivity (Wildman–Crippen MR) is 83.1 cm³/mol. The van der Waals surface area contributed by atoms with Gasteiger partial charge in [0.1, 0.15) is 5.82 Å². The fourth-order valence-corrected chi connectivity index (χ4v) is 3.19. The van der Waals surface area contributed by atoms with Gasteiger partial charge in [-0.2, -0.15) is 0 Å². The molecule has 120 valence electrons. The van der Waals surface area contributed by atoms with E-state index >= 15 is 0 Å². The van der Waals surface area contributed by atoms with Gasteiger partial charge in [0, 0.05) is 12.0 Å². The molecule has 0 aliphatic heterocycles. The lowest BCUT2D eigenvalue weighted by Crippen LogP contribution is -2.35. The third-order valence-electron chi connectivity index (χ3n) is 3.63. The lowest BCUT2D eigenvalue weighted by atomic mass is 9.83. The minimum absolute atomic E-state index is 0.0360. The maximum Gasteiger partial charge on any atom is 0.238 e. The van der Waals surface area contributed by atoms with Crippen LogP contribution in [-0.4, -0.2) is 21.0 Å². The molecule has 0 spiro atoms. The van der Waals surface area contributed by atoms with Crippen molar-refractivity contribution in [1.82, 2.24) is 5.32 Å². The summed E-state index contributed by atoms with van der Waals surface area (Å²) < 4.78 is 36.9. The highest BCUT2D eigenvalue weighted by Crippen LogP contribution is 2.31. The fourth-order valence-electron chi connectivity index (χ4n) is 2.66. The lowest BCUT2D eigenvalue weighted by Gasteiger charge is -2.29. The lowest BCUT2D eigenvalue weighted by molar-refractivity contribution is 0.367. The Bertz CT molecular complexity index is 573. The van der Waals surface area contributed by atoms with Gasteiger partial charge in [-0.15, -0.1) is 0 Å². The van der Waals surface area contributed by atoms with Crippen LogP contribution in [-0.2, 0) is 10.0 Å². The van der Waals surface area contributed by atoms with E-state index in [1.165, 1.54) is 12.1 Å². The first-order valence-corrected chi connectivity index (χ1v) is 8.78. The number of hydrogen-bond acceptors (Lipinski definition) is 3. The molecule has 1 rings (SSSR count). The van der Waals surface area contributed by atoms with Crippen molar-refractivity contribution in [2.45, 2.75) is 51.0 Å². The summed E-state index contributed by atoms with van der Waals surface area (Å²) >= 11 is 0. The summed E-state index contributed by atoms with van der Waals surface area (Å²) in [5.41, 5.74) is 0.522. The number of benzene rings is 1. The summed E-state index contributed by atoms with van der Waals surface area (Å²) in [4.78, 5) is -0.194. The van der Waals surface area contributed by atoms with E-state index in [1.54, 1.807) is 0 Å². The van der Waals surface area contributed by atoms with Gasteiger partial charge in [-0.25, -0.2) is 17.9 Å². The van der Waals surface area contributed by atoms with Crippen molar-refractivity contribution in [3.63, 3.8) is 0 Å². The number of primary sulfonamides is 1. The van der Waals surface area contributed by atoms with Crippen LogP contribution in [0.1, 0.15) is 45.6 Å². The summed E-state index contributed by atoms with van der Waals surface area (Å²) in [5.74, 6) is -0.337. The van der Waals surface area contributed by atoms with Gasteiger partial charge in [0.2, 0.25) is 10.0 Å². The molecule has 0 aromatic heterocycles. The molecule has 0 saturated carbocycles.